The lowest BCUT2D eigenvalue weighted by Crippen LogP contribution is -2.09. The van der Waals surface area contributed by atoms with Crippen molar-refractivity contribution in [3.05, 3.63) is 96.6 Å². The van der Waals surface area contributed by atoms with E-state index in [2.05, 4.69) is 44.7 Å². The molecule has 0 saturated heterocycles. The number of rotatable bonds is 12. The molecule has 0 spiro atoms. The number of hydrogen-bond donors (Lipinski definition) is 0. The minimum atomic E-state index is -0.450. The summed E-state index contributed by atoms with van der Waals surface area (Å²) in [5.41, 5.74) is 3.98. The molecule has 3 aromatic rings. The average Bonchev–Trinajstić information content (AvgIpc) is 2.89. The second kappa shape index (κ2) is 13.1. The summed E-state index contributed by atoms with van der Waals surface area (Å²) in [5.74, 6) is 0.903. The van der Waals surface area contributed by atoms with Gasteiger partial charge in [0.2, 0.25) is 0 Å². The first-order chi connectivity index (χ1) is 17.0. The zero-order valence-electron chi connectivity index (χ0n) is 20.4. The zero-order chi connectivity index (χ0) is 25.0. The Hall–Kier alpha value is -3.86. The topological polar surface area (TPSA) is 61.8 Å². The van der Waals surface area contributed by atoms with Crippen LogP contribution in [0.15, 0.2) is 85.5 Å². The SMILES string of the molecule is C=CC(=O)OCCCOc1ccc(C(=O)Oc2ccc(-c3ccc(CC(C)CC)cc3)cc2)cc1. The predicted molar refractivity (Wildman–Crippen MR) is 138 cm³/mol. The van der Waals surface area contributed by atoms with Crippen LogP contribution in [-0.4, -0.2) is 25.2 Å². The lowest BCUT2D eigenvalue weighted by atomic mass is 9.97. The van der Waals surface area contributed by atoms with Gasteiger partial charge in [-0.1, -0.05) is 63.2 Å². The molecule has 1 atom stereocenters. The largest absolute Gasteiger partial charge is 0.493 e. The van der Waals surface area contributed by atoms with E-state index in [1.54, 1.807) is 36.4 Å². The van der Waals surface area contributed by atoms with Gasteiger partial charge in [0.25, 0.3) is 0 Å². The highest BCUT2D eigenvalue weighted by Gasteiger charge is 2.10. The van der Waals surface area contributed by atoms with Crippen molar-refractivity contribution in [2.75, 3.05) is 13.2 Å². The molecule has 0 aliphatic carbocycles. The number of esters is 2. The molecule has 0 bridgehead atoms. The standard InChI is InChI=1S/C30H32O5/c1-4-22(3)21-23-7-9-24(10-8-23)25-11-17-28(18-12-25)35-30(32)26-13-15-27(16-14-26)33-19-6-20-34-29(31)5-2/h5,7-18,22H,2,4,6,19-21H2,1,3H3. The van der Waals surface area contributed by atoms with E-state index in [1.807, 2.05) is 12.1 Å². The summed E-state index contributed by atoms with van der Waals surface area (Å²) in [4.78, 5) is 23.5. The third-order valence-electron chi connectivity index (χ3n) is 5.69. The van der Waals surface area contributed by atoms with Crippen molar-refractivity contribution in [3.63, 3.8) is 0 Å². The second-order valence-corrected chi connectivity index (χ2v) is 8.43. The molecule has 0 aromatic heterocycles. The van der Waals surface area contributed by atoms with Crippen LogP contribution in [0.2, 0.25) is 0 Å². The molecule has 0 amide bonds. The normalized spacial score (nSPS) is 11.4. The fourth-order valence-electron chi connectivity index (χ4n) is 3.43. The molecular weight excluding hydrogens is 440 g/mol. The molecule has 3 aromatic carbocycles. The molecule has 0 aliphatic rings. The van der Waals surface area contributed by atoms with E-state index in [1.165, 1.54) is 12.0 Å². The molecule has 35 heavy (non-hydrogen) atoms. The highest BCUT2D eigenvalue weighted by molar-refractivity contribution is 5.91. The van der Waals surface area contributed by atoms with Crippen LogP contribution in [0.25, 0.3) is 11.1 Å². The van der Waals surface area contributed by atoms with Crippen LogP contribution in [0.4, 0.5) is 0 Å². The molecule has 3 rings (SSSR count). The van der Waals surface area contributed by atoms with E-state index in [0.29, 0.717) is 36.0 Å². The molecule has 182 valence electrons. The minimum Gasteiger partial charge on any atom is -0.493 e. The molecule has 0 aliphatic heterocycles. The first-order valence-electron chi connectivity index (χ1n) is 11.9. The van der Waals surface area contributed by atoms with Gasteiger partial charge in [-0.15, -0.1) is 0 Å². The number of benzene rings is 3. The van der Waals surface area contributed by atoms with Gasteiger partial charge in [0.15, 0.2) is 0 Å². The quantitative estimate of drug-likeness (QED) is 0.128. The summed E-state index contributed by atoms with van der Waals surface area (Å²) in [5, 5.41) is 0. The van der Waals surface area contributed by atoms with Crippen molar-refractivity contribution in [3.8, 4) is 22.6 Å². The van der Waals surface area contributed by atoms with E-state index >= 15 is 0 Å². The minimum absolute atomic E-state index is 0.262. The zero-order valence-corrected chi connectivity index (χ0v) is 20.4. The van der Waals surface area contributed by atoms with Gasteiger partial charge in [-0.2, -0.15) is 0 Å². The van der Waals surface area contributed by atoms with Crippen molar-refractivity contribution >= 4 is 11.9 Å². The lowest BCUT2D eigenvalue weighted by molar-refractivity contribution is -0.137. The summed E-state index contributed by atoms with van der Waals surface area (Å²) >= 11 is 0. The van der Waals surface area contributed by atoms with Crippen LogP contribution < -0.4 is 9.47 Å². The van der Waals surface area contributed by atoms with Gasteiger partial charge in [0.05, 0.1) is 18.8 Å². The molecule has 0 fully saturated rings. The van der Waals surface area contributed by atoms with Gasteiger partial charge in [-0.05, 0) is 65.4 Å². The third-order valence-corrected chi connectivity index (χ3v) is 5.69. The monoisotopic (exact) mass is 472 g/mol. The second-order valence-electron chi connectivity index (χ2n) is 8.43. The Labute approximate surface area is 207 Å². The van der Waals surface area contributed by atoms with E-state index in [0.717, 1.165) is 23.6 Å². The van der Waals surface area contributed by atoms with Crippen LogP contribution in [-0.2, 0) is 16.0 Å². The summed E-state index contributed by atoms with van der Waals surface area (Å²) in [6.45, 7) is 8.48. The third kappa shape index (κ3) is 8.14. The van der Waals surface area contributed by atoms with Crippen molar-refractivity contribution in [2.45, 2.75) is 33.1 Å². The van der Waals surface area contributed by atoms with Gasteiger partial charge in [0.1, 0.15) is 11.5 Å². The van der Waals surface area contributed by atoms with E-state index in [-0.39, 0.29) is 6.61 Å². The Kier molecular flexibility index (Phi) is 9.67. The van der Waals surface area contributed by atoms with Crippen LogP contribution in [0, 0.1) is 5.92 Å². The Morgan fingerprint density at radius 2 is 1.46 bits per heavy atom. The first kappa shape index (κ1) is 25.8. The summed E-state index contributed by atoms with van der Waals surface area (Å²) in [7, 11) is 0. The Balaban J connectivity index is 1.49. The van der Waals surface area contributed by atoms with Gasteiger partial charge in [-0.25, -0.2) is 9.59 Å². The highest BCUT2D eigenvalue weighted by atomic mass is 16.5. The molecule has 0 radical (unpaired) electrons. The van der Waals surface area contributed by atoms with Gasteiger partial charge < -0.3 is 14.2 Å². The maximum absolute atomic E-state index is 12.5. The number of carbonyl (C=O) groups is 2. The molecule has 0 N–H and O–H groups in total. The Bertz CT molecular complexity index is 1100. The average molecular weight is 473 g/mol. The smallest absolute Gasteiger partial charge is 0.343 e. The van der Waals surface area contributed by atoms with Crippen LogP contribution in [0.5, 0.6) is 11.5 Å². The maximum atomic E-state index is 12.5. The Morgan fingerprint density at radius 1 is 0.857 bits per heavy atom. The molecular formula is C30H32O5. The van der Waals surface area contributed by atoms with Gasteiger partial charge in [-0.3, -0.25) is 0 Å². The van der Waals surface area contributed by atoms with E-state index in [4.69, 9.17) is 14.2 Å². The van der Waals surface area contributed by atoms with E-state index in [9.17, 15) is 9.59 Å². The molecule has 0 heterocycles. The summed E-state index contributed by atoms with van der Waals surface area (Å²) in [6.07, 6.45) is 3.95. The fraction of sp³-hybridized carbons (Fsp3) is 0.267. The molecule has 0 saturated carbocycles. The van der Waals surface area contributed by atoms with Gasteiger partial charge in [0, 0.05) is 12.5 Å². The number of carbonyl (C=O) groups excluding carboxylic acids is 2. The van der Waals surface area contributed by atoms with Crippen molar-refractivity contribution in [1.82, 2.24) is 0 Å². The van der Waals surface area contributed by atoms with Crippen LogP contribution >= 0.6 is 0 Å². The maximum Gasteiger partial charge on any atom is 0.343 e. The van der Waals surface area contributed by atoms with Crippen molar-refractivity contribution in [2.24, 2.45) is 5.92 Å². The van der Waals surface area contributed by atoms with Crippen molar-refractivity contribution in [1.29, 1.82) is 0 Å². The molecule has 5 nitrogen and oxygen atoms in total. The molecule has 1 unspecified atom stereocenters. The highest BCUT2D eigenvalue weighted by Crippen LogP contribution is 2.24. The first-order valence-corrected chi connectivity index (χ1v) is 11.9. The van der Waals surface area contributed by atoms with Crippen LogP contribution in [0.3, 0.4) is 0 Å². The molecule has 5 heteroatoms. The number of hydrogen-bond acceptors (Lipinski definition) is 5. The van der Waals surface area contributed by atoms with Gasteiger partial charge >= 0.3 is 11.9 Å². The van der Waals surface area contributed by atoms with Crippen LogP contribution in [0.1, 0.15) is 42.6 Å². The van der Waals surface area contributed by atoms with E-state index < -0.39 is 11.9 Å². The lowest BCUT2D eigenvalue weighted by Gasteiger charge is -2.10. The fourth-order valence-corrected chi connectivity index (χ4v) is 3.43. The predicted octanol–water partition coefficient (Wildman–Crippen LogP) is 6.66. The number of ether oxygens (including phenoxy) is 3. The summed E-state index contributed by atoms with van der Waals surface area (Å²) < 4.78 is 16.0. The summed E-state index contributed by atoms with van der Waals surface area (Å²) in [6, 6.07) is 22.9. The Morgan fingerprint density at radius 3 is 2.06 bits per heavy atom. The van der Waals surface area contributed by atoms with Crippen molar-refractivity contribution < 1.29 is 23.8 Å².